The van der Waals surface area contributed by atoms with Crippen LogP contribution in [0.1, 0.15) is 59.9 Å². The van der Waals surface area contributed by atoms with Crippen LogP contribution < -0.4 is 45.2 Å². The van der Waals surface area contributed by atoms with E-state index in [-0.39, 0.29) is 24.1 Å². The Morgan fingerprint density at radius 1 is 0.784 bits per heavy atom. The van der Waals surface area contributed by atoms with Crippen molar-refractivity contribution in [3.8, 4) is 29.1 Å². The van der Waals surface area contributed by atoms with Crippen molar-refractivity contribution in [1.29, 1.82) is 5.26 Å². The third kappa shape index (κ3) is 10.5. The summed E-state index contributed by atoms with van der Waals surface area (Å²) in [4.78, 5) is 70.9. The highest BCUT2D eigenvalue weighted by molar-refractivity contribution is 6.62. The predicted octanol–water partition coefficient (Wildman–Crippen LogP) is 7.32. The number of urea groups is 2. The number of nitrogens with one attached hydrogen (secondary N) is 2. The number of rotatable bonds is 8. The quantitative estimate of drug-likeness (QED) is 0.0862. The van der Waals surface area contributed by atoms with Gasteiger partial charge in [0.1, 0.15) is 16.8 Å². The number of carbonyl (C=O) groups excluding carboxylic acids is 2. The minimum Gasteiger partial charge on any atom is -0.487 e. The molecule has 22 nitrogen and oxygen atoms in total. The SMILES string of the molecule is CCOc1ncc(-c2ccc3c(n2)N(C(=O)Nc2cnccn2)[C@H]2CCN3C2)cc1C#N.O=C(Nc1cnccn1)N1c2nc(Cl)ccc2N2CC[C@H]1C2.[C-]#[N+]c1cc(B2OC(C)(C)C(C)(C)O2)cnc1OCC. The maximum absolute atomic E-state index is 13.2. The smallest absolute Gasteiger partial charge is 0.487 e. The minimum atomic E-state index is -0.510. The van der Waals surface area contributed by atoms with Gasteiger partial charge in [0.2, 0.25) is 17.4 Å². The van der Waals surface area contributed by atoms with E-state index in [9.17, 15) is 14.9 Å². The third-order valence-corrected chi connectivity index (χ3v) is 13.4. The Hall–Kier alpha value is -8.25. The summed E-state index contributed by atoms with van der Waals surface area (Å²) >= 11 is 6.01. The van der Waals surface area contributed by atoms with Gasteiger partial charge in [0, 0.05) is 68.9 Å². The highest BCUT2D eigenvalue weighted by Crippen LogP contribution is 2.42. The van der Waals surface area contributed by atoms with Crippen molar-refractivity contribution < 1.29 is 28.4 Å². The Morgan fingerprint density at radius 3 is 1.88 bits per heavy atom. The van der Waals surface area contributed by atoms with Gasteiger partial charge in [0.25, 0.3) is 0 Å². The van der Waals surface area contributed by atoms with E-state index < -0.39 is 18.3 Å². The molecule has 0 aromatic carbocycles. The topological polar surface area (TPSA) is 239 Å². The summed E-state index contributed by atoms with van der Waals surface area (Å²) in [6, 6.07) is 12.6. The number of amides is 4. The molecular weight excluding hydrogens is 967 g/mol. The van der Waals surface area contributed by atoms with Gasteiger partial charge in [-0.1, -0.05) is 11.6 Å². The van der Waals surface area contributed by atoms with Crippen LogP contribution >= 0.6 is 11.6 Å². The molecule has 3 saturated heterocycles. The van der Waals surface area contributed by atoms with E-state index in [2.05, 4.69) is 66.2 Å². The van der Waals surface area contributed by atoms with E-state index in [1.165, 1.54) is 24.8 Å². The van der Waals surface area contributed by atoms with E-state index in [4.69, 9.17) is 41.9 Å². The van der Waals surface area contributed by atoms with Crippen molar-refractivity contribution in [2.24, 2.45) is 0 Å². The first-order valence-electron chi connectivity index (χ1n) is 24.0. The monoisotopic (exact) mass is 1020 g/mol. The molecule has 0 saturated carbocycles. The minimum absolute atomic E-state index is 0.00930. The molecule has 5 aliphatic rings. The summed E-state index contributed by atoms with van der Waals surface area (Å²) < 4.78 is 22.6. The van der Waals surface area contributed by atoms with E-state index in [0.717, 1.165) is 55.9 Å². The molecule has 0 aliphatic carbocycles. The first-order chi connectivity index (χ1) is 35.7. The Kier molecular flexibility index (Phi) is 14.7. The van der Waals surface area contributed by atoms with Crippen molar-refractivity contribution in [1.82, 2.24) is 39.9 Å². The molecule has 0 spiro atoms. The second-order valence-corrected chi connectivity index (χ2v) is 18.8. The number of carbonyl (C=O) groups is 2. The number of ether oxygens (including phenoxy) is 2. The maximum atomic E-state index is 13.2. The summed E-state index contributed by atoms with van der Waals surface area (Å²) in [5.41, 5.74) is 3.76. The lowest BCUT2D eigenvalue weighted by Crippen LogP contribution is -2.48. The maximum Gasteiger partial charge on any atom is 0.495 e. The number of fused-ring (bicyclic) bond motifs is 8. The molecule has 74 heavy (non-hydrogen) atoms. The fraction of sp³-hybridized carbons (Fsp3) is 0.360. The van der Waals surface area contributed by atoms with Crippen molar-refractivity contribution in [3.63, 3.8) is 0 Å². The van der Waals surface area contributed by atoms with Gasteiger partial charge in [-0.15, -0.1) is 0 Å². The first kappa shape index (κ1) is 50.7. The summed E-state index contributed by atoms with van der Waals surface area (Å²) in [6.07, 6.45) is 14.2. The van der Waals surface area contributed by atoms with E-state index in [1.54, 1.807) is 52.8 Å². The number of nitriles is 1. The van der Waals surface area contributed by atoms with Gasteiger partial charge in [-0.05, 0) is 96.2 Å². The van der Waals surface area contributed by atoms with Crippen molar-refractivity contribution in [2.75, 3.05) is 69.6 Å². The standard InChI is InChI=1S/C22H20N8O2.C14H19BN2O3.C14H13ClN6O/c1-2-32-21-14(10-23)9-15(11-26-21)17-3-4-18-20(27-17)30(16-5-8-29(18)13-16)22(31)28-19-12-24-6-7-25-19;1-7-18-12-11(16-6)8-10(9-17-12)15-19-13(2,3)14(4,5)20-15;15-11-2-1-10-13(18-11)21(9-3-6-20(10)8-9)14(22)19-12-7-16-4-5-17-12/h3-4,6-7,9,11-12,16H,2,5,8,13H2,1H3,(H,25,28,31);8-9H,7H2,1-5H3;1-2,4-5,7,9H,3,6,8H2,(H,17,19,22)/t16-;;9-/m0.0/s1. The van der Waals surface area contributed by atoms with Gasteiger partial charge in [-0.2, -0.15) is 5.26 Å². The normalized spacial score (nSPS) is 18.0. The van der Waals surface area contributed by atoms with Gasteiger partial charge in [0.05, 0.1) is 72.5 Å². The number of nitrogens with zero attached hydrogens (tertiary/aromatic N) is 14. The average Bonchev–Trinajstić information content (AvgIpc) is 4.08. The summed E-state index contributed by atoms with van der Waals surface area (Å²) in [5.74, 6) is 2.61. The number of hydrogen-bond donors (Lipinski definition) is 2. The molecule has 4 amide bonds. The average molecular weight is 1020 g/mol. The fourth-order valence-corrected chi connectivity index (χ4v) is 9.11. The molecule has 4 bridgehead atoms. The van der Waals surface area contributed by atoms with Gasteiger partial charge >= 0.3 is 19.2 Å². The molecule has 0 radical (unpaired) electrons. The van der Waals surface area contributed by atoms with Crippen LogP contribution in [-0.4, -0.2) is 122 Å². The molecule has 2 atom stereocenters. The van der Waals surface area contributed by atoms with Crippen LogP contribution in [0.4, 0.5) is 49.9 Å². The van der Waals surface area contributed by atoms with Gasteiger partial charge < -0.3 is 28.6 Å². The lowest BCUT2D eigenvalue weighted by molar-refractivity contribution is 0.00578. The molecule has 6 aromatic rings. The molecule has 6 aromatic heterocycles. The van der Waals surface area contributed by atoms with Crippen molar-refractivity contribution >= 4 is 76.6 Å². The summed E-state index contributed by atoms with van der Waals surface area (Å²) in [7, 11) is -0.510. The molecule has 5 aliphatic heterocycles. The highest BCUT2D eigenvalue weighted by atomic mass is 35.5. The molecular formula is C50H52BClN16O6. The number of pyridine rings is 4. The molecule has 0 unspecified atom stereocenters. The largest absolute Gasteiger partial charge is 0.495 e. The number of anilines is 6. The molecule has 11 rings (SSSR count). The molecule has 2 N–H and O–H groups in total. The Balaban J connectivity index is 0.000000142. The van der Waals surface area contributed by atoms with Crippen molar-refractivity contribution in [2.45, 2.75) is 77.7 Å². The number of hydrogen-bond acceptors (Lipinski definition) is 17. The zero-order valence-corrected chi connectivity index (χ0v) is 42.3. The Morgan fingerprint density at radius 2 is 1.34 bits per heavy atom. The van der Waals surface area contributed by atoms with E-state index in [1.807, 2.05) is 59.7 Å². The summed E-state index contributed by atoms with van der Waals surface area (Å²) in [5, 5.41) is 15.4. The third-order valence-electron chi connectivity index (χ3n) is 13.2. The van der Waals surface area contributed by atoms with E-state index >= 15 is 0 Å². The lowest BCUT2D eigenvalue weighted by Gasteiger charge is -2.35. The fourth-order valence-electron chi connectivity index (χ4n) is 8.96. The van der Waals surface area contributed by atoms with Crippen LogP contribution in [0.5, 0.6) is 11.8 Å². The number of aromatic nitrogens is 8. The van der Waals surface area contributed by atoms with Crippen LogP contribution in [-0.2, 0) is 9.31 Å². The molecule has 24 heteroatoms. The molecule has 3 fully saturated rings. The second-order valence-electron chi connectivity index (χ2n) is 18.4. The van der Waals surface area contributed by atoms with Crippen LogP contribution in [0.25, 0.3) is 16.1 Å². The first-order valence-corrected chi connectivity index (χ1v) is 24.4. The van der Waals surface area contributed by atoms with Crippen LogP contribution in [0.15, 0.2) is 86.0 Å². The number of halogens is 1. The predicted molar refractivity (Wildman–Crippen MR) is 278 cm³/mol. The van der Waals surface area contributed by atoms with Crippen LogP contribution in [0.3, 0.4) is 0 Å². The van der Waals surface area contributed by atoms with Crippen molar-refractivity contribution in [3.05, 3.63) is 108 Å². The molecule has 378 valence electrons. The highest BCUT2D eigenvalue weighted by Gasteiger charge is 2.52. The zero-order chi connectivity index (χ0) is 52.1. The summed E-state index contributed by atoms with van der Waals surface area (Å²) in [6.45, 7) is 23.1. The zero-order valence-electron chi connectivity index (χ0n) is 41.6. The van der Waals surface area contributed by atoms with Gasteiger partial charge in [-0.3, -0.25) is 30.4 Å². The van der Waals surface area contributed by atoms with Gasteiger partial charge in [-0.25, -0.2) is 44.3 Å². The van der Waals surface area contributed by atoms with Crippen LogP contribution in [0.2, 0.25) is 5.15 Å². The lowest BCUT2D eigenvalue weighted by atomic mass is 9.80. The Bertz CT molecular complexity index is 3110. The van der Waals surface area contributed by atoms with Gasteiger partial charge in [0.15, 0.2) is 23.3 Å². The second kappa shape index (κ2) is 21.5. The molecule has 11 heterocycles. The van der Waals surface area contributed by atoms with E-state index in [0.29, 0.717) is 75.9 Å². The van der Waals surface area contributed by atoms with Crippen LogP contribution in [0, 0.1) is 17.9 Å². The Labute approximate surface area is 433 Å².